The van der Waals surface area contributed by atoms with Crippen molar-refractivity contribution in [2.75, 3.05) is 13.1 Å². The molecule has 26 heavy (non-hydrogen) atoms. The third-order valence-electron chi connectivity index (χ3n) is 5.21. The van der Waals surface area contributed by atoms with Gasteiger partial charge < -0.3 is 5.32 Å². The number of fused-ring (bicyclic) bond motifs is 1. The van der Waals surface area contributed by atoms with Crippen LogP contribution in [0, 0.1) is 0 Å². The maximum atomic E-state index is 4.56. The molecule has 1 fully saturated rings. The van der Waals surface area contributed by atoms with E-state index in [1.54, 1.807) is 0 Å². The lowest BCUT2D eigenvalue weighted by molar-refractivity contribution is 0.162. The summed E-state index contributed by atoms with van der Waals surface area (Å²) >= 11 is 0. The quantitative estimate of drug-likeness (QED) is 0.763. The first-order valence-corrected chi connectivity index (χ1v) is 9.57. The van der Waals surface area contributed by atoms with E-state index in [2.05, 4.69) is 56.6 Å². The second kappa shape index (κ2) is 8.39. The summed E-state index contributed by atoms with van der Waals surface area (Å²) < 4.78 is 0. The molecule has 0 aliphatic carbocycles. The topological polar surface area (TPSA) is 41.1 Å². The van der Waals surface area contributed by atoms with Crippen LogP contribution < -0.4 is 5.32 Å². The van der Waals surface area contributed by atoms with Gasteiger partial charge in [-0.1, -0.05) is 18.2 Å². The molecule has 2 aromatic heterocycles. The first-order chi connectivity index (χ1) is 12.9. The van der Waals surface area contributed by atoms with Crippen LogP contribution in [0.25, 0.3) is 10.9 Å². The molecule has 1 aromatic carbocycles. The lowest BCUT2D eigenvalue weighted by Gasteiger charge is -2.31. The first kappa shape index (κ1) is 17.1. The summed E-state index contributed by atoms with van der Waals surface area (Å²) in [4.78, 5) is 11.6. The molecule has 4 heteroatoms. The molecule has 1 aliphatic heterocycles. The zero-order valence-corrected chi connectivity index (χ0v) is 15.1. The highest BCUT2D eigenvalue weighted by atomic mass is 15.2. The van der Waals surface area contributed by atoms with Crippen molar-refractivity contribution in [1.29, 1.82) is 0 Å². The third-order valence-corrected chi connectivity index (χ3v) is 5.21. The summed E-state index contributed by atoms with van der Waals surface area (Å²) in [5.74, 6) is 0. The molecule has 1 N–H and O–H groups in total. The van der Waals surface area contributed by atoms with Gasteiger partial charge in [-0.25, -0.2) is 0 Å². The highest BCUT2D eigenvalue weighted by Gasteiger charge is 2.21. The summed E-state index contributed by atoms with van der Waals surface area (Å²) in [6.07, 6.45) is 7.43. The molecule has 4 rings (SSSR count). The molecule has 1 aliphatic rings. The van der Waals surface area contributed by atoms with E-state index < -0.39 is 0 Å². The lowest BCUT2D eigenvalue weighted by atomic mass is 10.0. The number of hydrogen-bond acceptors (Lipinski definition) is 4. The van der Waals surface area contributed by atoms with Crippen LogP contribution in [0.2, 0.25) is 0 Å². The van der Waals surface area contributed by atoms with Gasteiger partial charge in [-0.2, -0.15) is 0 Å². The van der Waals surface area contributed by atoms with E-state index in [0.29, 0.717) is 6.04 Å². The molecule has 0 saturated carbocycles. The van der Waals surface area contributed by atoms with Crippen molar-refractivity contribution in [3.8, 4) is 0 Å². The summed E-state index contributed by atoms with van der Waals surface area (Å²) in [5, 5.41) is 4.75. The first-order valence-electron chi connectivity index (χ1n) is 9.57. The molecule has 3 heterocycles. The van der Waals surface area contributed by atoms with Crippen LogP contribution in [-0.2, 0) is 13.1 Å². The fourth-order valence-corrected chi connectivity index (χ4v) is 3.84. The lowest BCUT2D eigenvalue weighted by Crippen LogP contribution is -2.35. The van der Waals surface area contributed by atoms with Crippen LogP contribution in [-0.4, -0.2) is 34.0 Å². The average molecular weight is 346 g/mol. The fraction of sp³-hybridized carbons (Fsp3) is 0.364. The number of benzene rings is 1. The summed E-state index contributed by atoms with van der Waals surface area (Å²) in [5.41, 5.74) is 3.55. The monoisotopic (exact) mass is 346 g/mol. The van der Waals surface area contributed by atoms with Crippen molar-refractivity contribution in [2.24, 2.45) is 0 Å². The summed E-state index contributed by atoms with van der Waals surface area (Å²) in [6, 6.07) is 17.6. The minimum absolute atomic E-state index is 0.594. The van der Waals surface area contributed by atoms with Gasteiger partial charge in [0.1, 0.15) is 0 Å². The molecular formula is C22H26N4. The van der Waals surface area contributed by atoms with Gasteiger partial charge in [0.05, 0.1) is 11.2 Å². The van der Waals surface area contributed by atoms with Crippen molar-refractivity contribution in [3.05, 3.63) is 72.2 Å². The fourth-order valence-electron chi connectivity index (χ4n) is 3.84. The van der Waals surface area contributed by atoms with Crippen molar-refractivity contribution < 1.29 is 0 Å². The number of nitrogens with zero attached hydrogens (tertiary/aromatic N) is 3. The Balaban J connectivity index is 1.58. The molecule has 1 unspecified atom stereocenters. The zero-order chi connectivity index (χ0) is 17.6. The van der Waals surface area contributed by atoms with Crippen molar-refractivity contribution >= 4 is 10.9 Å². The van der Waals surface area contributed by atoms with Gasteiger partial charge in [-0.3, -0.25) is 14.9 Å². The molecule has 0 spiro atoms. The normalized spacial score (nSPS) is 18.1. The van der Waals surface area contributed by atoms with E-state index in [9.17, 15) is 0 Å². The number of nitrogens with one attached hydrogen (secondary N) is 1. The molecule has 3 aromatic rings. The van der Waals surface area contributed by atoms with Gasteiger partial charge in [0, 0.05) is 36.9 Å². The van der Waals surface area contributed by atoms with Crippen molar-refractivity contribution in [2.45, 2.75) is 38.4 Å². The Morgan fingerprint density at radius 3 is 2.81 bits per heavy atom. The predicted octanol–water partition coefficient (Wildman–Crippen LogP) is 3.77. The number of hydrogen-bond donors (Lipinski definition) is 1. The number of pyridine rings is 2. The second-order valence-corrected chi connectivity index (χ2v) is 7.09. The van der Waals surface area contributed by atoms with E-state index in [0.717, 1.165) is 37.4 Å². The number of aromatic nitrogens is 2. The Labute approximate surface area is 155 Å². The van der Waals surface area contributed by atoms with Gasteiger partial charge in [-0.05, 0) is 68.2 Å². The Hall–Kier alpha value is -2.30. The smallest absolute Gasteiger partial charge is 0.0702 e. The Kier molecular flexibility index (Phi) is 5.53. The van der Waals surface area contributed by atoms with Gasteiger partial charge in [-0.15, -0.1) is 0 Å². The van der Waals surface area contributed by atoms with Crippen LogP contribution in [0.3, 0.4) is 0 Å². The molecule has 134 valence electrons. The molecular weight excluding hydrogens is 320 g/mol. The predicted molar refractivity (Wildman–Crippen MR) is 106 cm³/mol. The zero-order valence-electron chi connectivity index (χ0n) is 15.1. The van der Waals surface area contributed by atoms with Crippen LogP contribution in [0.4, 0.5) is 0 Å². The second-order valence-electron chi connectivity index (χ2n) is 7.09. The molecule has 1 saturated heterocycles. The SMILES string of the molecule is c1ccc(CN(Cc2ccc3ncccc3c2)C2CCCNCC2)nc1. The summed E-state index contributed by atoms with van der Waals surface area (Å²) in [6.45, 7) is 4.09. The van der Waals surface area contributed by atoms with E-state index in [1.165, 1.54) is 30.2 Å². The van der Waals surface area contributed by atoms with Crippen LogP contribution in [0.1, 0.15) is 30.5 Å². The van der Waals surface area contributed by atoms with Gasteiger partial charge in [0.15, 0.2) is 0 Å². The molecule has 4 nitrogen and oxygen atoms in total. The Morgan fingerprint density at radius 2 is 1.88 bits per heavy atom. The van der Waals surface area contributed by atoms with E-state index in [4.69, 9.17) is 0 Å². The Bertz CT molecular complexity index is 826. The van der Waals surface area contributed by atoms with Gasteiger partial charge >= 0.3 is 0 Å². The van der Waals surface area contributed by atoms with E-state index in [-0.39, 0.29) is 0 Å². The van der Waals surface area contributed by atoms with Crippen LogP contribution in [0.5, 0.6) is 0 Å². The van der Waals surface area contributed by atoms with Crippen LogP contribution in [0.15, 0.2) is 60.9 Å². The number of rotatable bonds is 5. The van der Waals surface area contributed by atoms with Crippen molar-refractivity contribution in [3.63, 3.8) is 0 Å². The highest BCUT2D eigenvalue weighted by Crippen LogP contribution is 2.21. The molecule has 0 bridgehead atoms. The van der Waals surface area contributed by atoms with E-state index >= 15 is 0 Å². The van der Waals surface area contributed by atoms with Crippen molar-refractivity contribution in [1.82, 2.24) is 20.2 Å². The standard InChI is InChI=1S/C22H26N4/c1-2-12-24-20(6-1)17-26(21-7-4-11-23-14-10-21)16-18-8-9-22-19(15-18)5-3-13-25-22/h1-3,5-6,8-9,12-13,15,21,23H,4,7,10-11,14,16-17H2. The molecule has 0 amide bonds. The Morgan fingerprint density at radius 1 is 0.923 bits per heavy atom. The highest BCUT2D eigenvalue weighted by molar-refractivity contribution is 5.78. The third kappa shape index (κ3) is 4.26. The summed E-state index contributed by atoms with van der Waals surface area (Å²) in [7, 11) is 0. The van der Waals surface area contributed by atoms with E-state index in [1.807, 2.05) is 24.5 Å². The van der Waals surface area contributed by atoms with Crippen LogP contribution >= 0.6 is 0 Å². The average Bonchev–Trinajstić information content (AvgIpc) is 2.98. The minimum atomic E-state index is 0.594. The minimum Gasteiger partial charge on any atom is -0.317 e. The van der Waals surface area contributed by atoms with Gasteiger partial charge in [0.2, 0.25) is 0 Å². The van der Waals surface area contributed by atoms with Gasteiger partial charge in [0.25, 0.3) is 0 Å². The largest absolute Gasteiger partial charge is 0.317 e. The maximum Gasteiger partial charge on any atom is 0.0702 e. The molecule has 0 radical (unpaired) electrons. The molecule has 1 atom stereocenters. The maximum absolute atomic E-state index is 4.56.